The molecule has 1 heterocycles. The van der Waals surface area contributed by atoms with Gasteiger partial charge in [0.05, 0.1) is 31.2 Å². The number of carbonyl (C=O) groups excluding carboxylic acids is 9. The summed E-state index contributed by atoms with van der Waals surface area (Å²) < 4.78 is 0. The lowest BCUT2D eigenvalue weighted by Crippen LogP contribution is -2.63. The largest absolute Gasteiger partial charge is 0.481 e. The van der Waals surface area contributed by atoms with Crippen LogP contribution in [-0.2, 0) is 52.7 Å². The Labute approximate surface area is 427 Å². The van der Waals surface area contributed by atoms with Gasteiger partial charge in [0.1, 0.15) is 48.3 Å². The number of carboxylic acids is 2. The molecule has 0 aromatic carbocycles. The molecule has 31 heteroatoms. The number of likely N-dealkylation sites (tertiary alicyclic amines) is 1. The van der Waals surface area contributed by atoms with Gasteiger partial charge in [-0.05, 0) is 78.6 Å². The topological polar surface area (TPSA) is 523 Å². The molecule has 0 radical (unpaired) electrons. The summed E-state index contributed by atoms with van der Waals surface area (Å²) in [5, 5.41) is 59.1. The number of hydrogen-bond donors (Lipinski definition) is 17. The first kappa shape index (κ1) is 64.6. The number of carboxylic acid groups (broad SMARTS) is 2. The normalized spacial score (nSPS) is 17.1. The maximum Gasteiger partial charge on any atom is 0.326 e. The molecule has 0 aromatic heterocycles. The average Bonchev–Trinajstić information content (AvgIpc) is 3.80. The first-order valence-electron chi connectivity index (χ1n) is 23.8. The van der Waals surface area contributed by atoms with E-state index in [1.54, 1.807) is 13.8 Å². The van der Waals surface area contributed by atoms with Crippen LogP contribution in [0.2, 0.25) is 0 Å². The summed E-state index contributed by atoms with van der Waals surface area (Å²) in [4.78, 5) is 152. The average molecular weight is 1060 g/mol. The van der Waals surface area contributed by atoms with Crippen molar-refractivity contribution >= 4 is 77.0 Å². The van der Waals surface area contributed by atoms with E-state index in [1.807, 2.05) is 0 Å². The summed E-state index contributed by atoms with van der Waals surface area (Å²) in [5.74, 6) is -12.3. The molecule has 0 bridgehead atoms. The van der Waals surface area contributed by atoms with Crippen LogP contribution in [0.15, 0.2) is 9.98 Å². The fourth-order valence-electron chi connectivity index (χ4n) is 7.19. The molecule has 0 aliphatic carbocycles. The fourth-order valence-corrected chi connectivity index (χ4v) is 7.19. The van der Waals surface area contributed by atoms with Crippen LogP contribution in [0, 0.1) is 5.92 Å². The van der Waals surface area contributed by atoms with E-state index < -0.39 is 145 Å². The number of rotatable bonds is 32. The highest BCUT2D eigenvalue weighted by atomic mass is 16.4. The third-order valence-corrected chi connectivity index (χ3v) is 11.0. The second-order valence-electron chi connectivity index (χ2n) is 18.1. The maximum atomic E-state index is 13.8. The molecule has 31 nitrogen and oxygen atoms in total. The van der Waals surface area contributed by atoms with Crippen LogP contribution >= 0.6 is 0 Å². The first-order chi connectivity index (χ1) is 34.5. The minimum Gasteiger partial charge on any atom is -0.481 e. The summed E-state index contributed by atoms with van der Waals surface area (Å²) in [7, 11) is 0. The van der Waals surface area contributed by atoms with Crippen LogP contribution < -0.4 is 71.2 Å². The van der Waals surface area contributed by atoms with E-state index in [0.29, 0.717) is 6.42 Å². The van der Waals surface area contributed by atoms with Crippen molar-refractivity contribution in [3.63, 3.8) is 0 Å². The lowest BCUT2D eigenvalue weighted by Gasteiger charge is -2.30. The lowest BCUT2D eigenvalue weighted by atomic mass is 10.0. The Morgan fingerprint density at radius 2 is 1.08 bits per heavy atom. The Kier molecular flexibility index (Phi) is 27.9. The van der Waals surface area contributed by atoms with Gasteiger partial charge in [-0.1, -0.05) is 13.8 Å². The third kappa shape index (κ3) is 23.4. The standard InChI is InChI=1S/C43H76N16O15/c1-19(2)16-26(53-29(62)18-51-35(67)24(10-7-13-49-42(45)46)54-36(68)27(17-30(63)64)56-34(66)21(4)52-33(65)20(3)44)37(69)57-32(23(6)61)39(71)58-31(22(5)60)38(70)55-25(11-8-14-50-43(47)48)40(72)59-15-9-12-28(59)41(73)74/h19-28,31-32,60-61H,7-18,44H2,1-6H3,(H,51,67)(H,52,65)(H,53,62)(H,54,68)(H,55,70)(H,56,66)(H,57,69)(H,58,71)(H,63,64)(H,73,74)(H4,45,46,49)(H4,47,48,50)/t20-,21-,22+,23+,24-,25-,26-,27-,28-,31-,32-/m0/s1. The Balaban J connectivity index is 3.26. The highest BCUT2D eigenvalue weighted by Gasteiger charge is 2.40. The van der Waals surface area contributed by atoms with Gasteiger partial charge in [-0.25, -0.2) is 4.79 Å². The Bertz CT molecular complexity index is 2040. The van der Waals surface area contributed by atoms with E-state index in [2.05, 4.69) is 52.5 Å². The zero-order chi connectivity index (χ0) is 56.6. The molecule has 1 saturated heterocycles. The molecule has 9 amide bonds. The smallest absolute Gasteiger partial charge is 0.326 e. The summed E-state index contributed by atoms with van der Waals surface area (Å²) in [5.41, 5.74) is 27.1. The summed E-state index contributed by atoms with van der Waals surface area (Å²) >= 11 is 0. The van der Waals surface area contributed by atoms with E-state index >= 15 is 0 Å². The fraction of sp³-hybridized carbons (Fsp3) is 0.698. The quantitative estimate of drug-likeness (QED) is 0.0169. The maximum absolute atomic E-state index is 13.8. The van der Waals surface area contributed by atoms with Gasteiger partial charge in [0, 0.05) is 19.6 Å². The molecule has 11 atom stereocenters. The molecule has 1 fully saturated rings. The second-order valence-corrected chi connectivity index (χ2v) is 18.1. The van der Waals surface area contributed by atoms with E-state index in [0.717, 1.165) is 18.7 Å². The number of carbonyl (C=O) groups is 11. The molecule has 0 spiro atoms. The number of nitrogens with one attached hydrogen (secondary N) is 8. The van der Waals surface area contributed by atoms with Crippen molar-refractivity contribution in [3.05, 3.63) is 0 Å². The number of amides is 9. The van der Waals surface area contributed by atoms with Gasteiger partial charge in [-0.2, -0.15) is 0 Å². The second kappa shape index (κ2) is 31.9. The zero-order valence-corrected chi connectivity index (χ0v) is 42.4. The van der Waals surface area contributed by atoms with Crippen molar-refractivity contribution in [3.8, 4) is 0 Å². The molecule has 22 N–H and O–H groups in total. The minimum atomic E-state index is -1.82. The number of nitrogens with two attached hydrogens (primary N) is 5. The van der Waals surface area contributed by atoms with E-state index in [4.69, 9.17) is 28.7 Å². The van der Waals surface area contributed by atoms with Gasteiger partial charge in [-0.15, -0.1) is 0 Å². The Hall–Kier alpha value is -7.41. The molecular formula is C43H76N16O15. The van der Waals surface area contributed by atoms with Crippen LogP contribution in [0.25, 0.3) is 0 Å². The molecule has 0 saturated carbocycles. The molecule has 1 rings (SSSR count). The van der Waals surface area contributed by atoms with E-state index in [1.165, 1.54) is 13.8 Å². The Morgan fingerprint density at radius 1 is 0.595 bits per heavy atom. The van der Waals surface area contributed by atoms with Crippen molar-refractivity contribution in [2.45, 2.75) is 159 Å². The lowest BCUT2D eigenvalue weighted by molar-refractivity contribution is -0.149. The zero-order valence-electron chi connectivity index (χ0n) is 42.4. The molecule has 418 valence electrons. The van der Waals surface area contributed by atoms with Crippen molar-refractivity contribution in [2.24, 2.45) is 44.6 Å². The van der Waals surface area contributed by atoms with Crippen LogP contribution in [0.3, 0.4) is 0 Å². The van der Waals surface area contributed by atoms with Crippen molar-refractivity contribution in [1.29, 1.82) is 0 Å². The van der Waals surface area contributed by atoms with Crippen LogP contribution in [0.1, 0.15) is 92.9 Å². The number of aliphatic hydroxyl groups is 2. The molecule has 0 aromatic rings. The summed E-state index contributed by atoms with van der Waals surface area (Å²) in [6.07, 6.45) is -3.84. The van der Waals surface area contributed by atoms with Gasteiger partial charge in [0.2, 0.25) is 53.2 Å². The van der Waals surface area contributed by atoms with Gasteiger partial charge in [0.15, 0.2) is 11.9 Å². The number of aliphatic imine (C=N–C) groups is 2. The number of guanidine groups is 2. The number of hydrogen-bond acceptors (Lipinski definition) is 16. The molecule has 0 unspecified atom stereocenters. The van der Waals surface area contributed by atoms with E-state index in [9.17, 15) is 73.2 Å². The molecular weight excluding hydrogens is 981 g/mol. The van der Waals surface area contributed by atoms with Crippen molar-refractivity contribution in [2.75, 3.05) is 26.2 Å². The monoisotopic (exact) mass is 1060 g/mol. The summed E-state index contributed by atoms with van der Waals surface area (Å²) in [6.45, 7) is 7.54. The van der Waals surface area contributed by atoms with Crippen LogP contribution in [0.4, 0.5) is 0 Å². The SMILES string of the molecule is CC(C)C[C@H](NC(=O)CNC(=O)[C@H](CCCN=C(N)N)NC(=O)[C@H](CC(=O)O)NC(=O)[C@H](C)NC(=O)[C@H](C)N)C(=O)N[C@H](C(=O)N[C@H](C(=O)N[C@@H](CCCN=C(N)N)C(=O)N1CCC[C@H]1C(=O)O)[C@@H](C)O)[C@@H](C)O. The number of aliphatic hydroxyl groups excluding tert-OH is 2. The molecule has 1 aliphatic heterocycles. The minimum absolute atomic E-state index is 0.0292. The predicted octanol–water partition coefficient (Wildman–Crippen LogP) is -7.67. The van der Waals surface area contributed by atoms with Crippen LogP contribution in [0.5, 0.6) is 0 Å². The number of nitrogens with zero attached hydrogens (tertiary/aromatic N) is 3. The molecule has 74 heavy (non-hydrogen) atoms. The highest BCUT2D eigenvalue weighted by Crippen LogP contribution is 2.20. The number of aliphatic carboxylic acids is 2. The van der Waals surface area contributed by atoms with Gasteiger partial charge in [-0.3, -0.25) is 57.9 Å². The third-order valence-electron chi connectivity index (χ3n) is 11.0. The molecule has 1 aliphatic rings. The van der Waals surface area contributed by atoms with Gasteiger partial charge < -0.3 is 96.5 Å². The van der Waals surface area contributed by atoms with E-state index in [-0.39, 0.29) is 76.0 Å². The highest BCUT2D eigenvalue weighted by molar-refractivity contribution is 5.98. The predicted molar refractivity (Wildman–Crippen MR) is 263 cm³/mol. The van der Waals surface area contributed by atoms with Gasteiger partial charge >= 0.3 is 11.9 Å². The van der Waals surface area contributed by atoms with Crippen molar-refractivity contribution in [1.82, 2.24) is 47.4 Å². The van der Waals surface area contributed by atoms with Gasteiger partial charge in [0.25, 0.3) is 0 Å². The Morgan fingerprint density at radius 3 is 1.57 bits per heavy atom. The first-order valence-corrected chi connectivity index (χ1v) is 23.8. The van der Waals surface area contributed by atoms with Crippen molar-refractivity contribution < 1.29 is 73.2 Å². The summed E-state index contributed by atoms with van der Waals surface area (Å²) in [6, 6.07) is -13.1. The van der Waals surface area contributed by atoms with Crippen LogP contribution in [-0.4, -0.2) is 195 Å².